The Morgan fingerprint density at radius 1 is 0.871 bits per heavy atom. The molecular weight excluding hydrogens is 396 g/mol. The highest BCUT2D eigenvalue weighted by atomic mass is 16.6. The zero-order valence-corrected chi connectivity index (χ0v) is 17.4. The minimum Gasteiger partial charge on any atom is -0.496 e. The van der Waals surface area contributed by atoms with Crippen LogP contribution in [0.15, 0.2) is 71.8 Å². The highest BCUT2D eigenvalue weighted by Gasteiger charge is 2.13. The first-order chi connectivity index (χ1) is 15.0. The van der Waals surface area contributed by atoms with Crippen molar-refractivity contribution in [3.8, 4) is 17.2 Å². The Kier molecular flexibility index (Phi) is 7.01. The molecule has 0 bridgehead atoms. The summed E-state index contributed by atoms with van der Waals surface area (Å²) >= 11 is 0. The molecule has 0 aromatic heterocycles. The molecule has 0 fully saturated rings. The zero-order chi connectivity index (χ0) is 22.2. The summed E-state index contributed by atoms with van der Waals surface area (Å²) in [6.07, 6.45) is 1.46. The lowest BCUT2D eigenvalue weighted by Crippen LogP contribution is -2.18. The molecule has 0 aliphatic carbocycles. The van der Waals surface area contributed by atoms with Gasteiger partial charge in [-0.1, -0.05) is 24.3 Å². The minimum absolute atomic E-state index is 0.280. The van der Waals surface area contributed by atoms with E-state index >= 15 is 0 Å². The number of amides is 1. The number of hydrazone groups is 1. The standard InChI is InChI=1S/C24H22N2O5/c1-16-9-11-19(21(13-16)29-2)23(27)26-25-15-17-10-12-20(22(14-17)30-3)31-24(28)18-7-5-4-6-8-18/h4-15H,1-3H3,(H,26,27)/b25-15+. The van der Waals surface area contributed by atoms with Gasteiger partial charge in [0.25, 0.3) is 5.91 Å². The molecule has 1 amide bonds. The van der Waals surface area contributed by atoms with E-state index in [2.05, 4.69) is 10.5 Å². The summed E-state index contributed by atoms with van der Waals surface area (Å²) in [5, 5.41) is 3.99. The third kappa shape index (κ3) is 5.48. The van der Waals surface area contributed by atoms with Gasteiger partial charge in [-0.05, 0) is 60.5 Å². The Hall–Kier alpha value is -4.13. The van der Waals surface area contributed by atoms with Crippen LogP contribution in [-0.4, -0.2) is 32.3 Å². The second-order valence-corrected chi connectivity index (χ2v) is 6.57. The number of aryl methyl sites for hydroxylation is 1. The normalized spacial score (nSPS) is 10.5. The van der Waals surface area contributed by atoms with Crippen molar-refractivity contribution >= 4 is 18.1 Å². The van der Waals surface area contributed by atoms with Gasteiger partial charge in [0.05, 0.1) is 31.6 Å². The number of carbonyl (C=O) groups is 2. The maximum atomic E-state index is 12.4. The second kappa shape index (κ2) is 10.1. The molecule has 0 aliphatic rings. The summed E-state index contributed by atoms with van der Waals surface area (Å²) in [7, 11) is 2.98. The third-order valence-electron chi connectivity index (χ3n) is 4.38. The van der Waals surface area contributed by atoms with E-state index < -0.39 is 11.9 Å². The molecule has 3 aromatic carbocycles. The minimum atomic E-state index is -0.486. The molecule has 31 heavy (non-hydrogen) atoms. The van der Waals surface area contributed by atoms with E-state index in [1.54, 1.807) is 54.6 Å². The monoisotopic (exact) mass is 418 g/mol. The summed E-state index contributed by atoms with van der Waals surface area (Å²) in [6, 6.07) is 18.9. The Morgan fingerprint density at radius 2 is 1.61 bits per heavy atom. The van der Waals surface area contributed by atoms with Crippen LogP contribution in [-0.2, 0) is 0 Å². The molecule has 3 aromatic rings. The number of ether oxygens (including phenoxy) is 3. The molecule has 1 N–H and O–H groups in total. The van der Waals surface area contributed by atoms with Crippen LogP contribution in [0.5, 0.6) is 17.2 Å². The van der Waals surface area contributed by atoms with E-state index in [0.717, 1.165) is 5.56 Å². The smallest absolute Gasteiger partial charge is 0.343 e. The highest BCUT2D eigenvalue weighted by molar-refractivity contribution is 5.97. The van der Waals surface area contributed by atoms with E-state index in [4.69, 9.17) is 14.2 Å². The van der Waals surface area contributed by atoms with Gasteiger partial charge in [0.15, 0.2) is 11.5 Å². The third-order valence-corrected chi connectivity index (χ3v) is 4.38. The molecule has 7 nitrogen and oxygen atoms in total. The lowest BCUT2D eigenvalue weighted by atomic mass is 10.1. The largest absolute Gasteiger partial charge is 0.496 e. The number of hydrogen-bond donors (Lipinski definition) is 1. The van der Waals surface area contributed by atoms with Crippen molar-refractivity contribution in [3.05, 3.63) is 89.0 Å². The molecular formula is C24H22N2O5. The van der Waals surface area contributed by atoms with Crippen molar-refractivity contribution in [2.75, 3.05) is 14.2 Å². The van der Waals surface area contributed by atoms with Gasteiger partial charge in [-0.25, -0.2) is 10.2 Å². The summed E-state index contributed by atoms with van der Waals surface area (Å²) in [4.78, 5) is 24.6. The van der Waals surface area contributed by atoms with Gasteiger partial charge >= 0.3 is 5.97 Å². The lowest BCUT2D eigenvalue weighted by Gasteiger charge is -2.10. The van der Waals surface area contributed by atoms with Crippen LogP contribution in [0.2, 0.25) is 0 Å². The molecule has 0 saturated carbocycles. The average molecular weight is 418 g/mol. The summed E-state index contributed by atoms with van der Waals surface area (Å²) in [5.41, 5.74) is 4.92. The summed E-state index contributed by atoms with van der Waals surface area (Å²) in [6.45, 7) is 1.91. The SMILES string of the molecule is COc1cc(/C=N/NC(=O)c2ccc(C)cc2OC)ccc1OC(=O)c1ccccc1. The van der Waals surface area contributed by atoms with Crippen molar-refractivity contribution in [2.45, 2.75) is 6.92 Å². The van der Waals surface area contributed by atoms with E-state index in [9.17, 15) is 9.59 Å². The fraction of sp³-hybridized carbons (Fsp3) is 0.125. The molecule has 0 radical (unpaired) electrons. The molecule has 0 spiro atoms. The quantitative estimate of drug-likeness (QED) is 0.271. The molecule has 3 rings (SSSR count). The number of nitrogens with zero attached hydrogens (tertiary/aromatic N) is 1. The van der Waals surface area contributed by atoms with E-state index in [1.807, 2.05) is 19.1 Å². The van der Waals surface area contributed by atoms with Crippen molar-refractivity contribution in [1.82, 2.24) is 5.43 Å². The van der Waals surface area contributed by atoms with Crippen molar-refractivity contribution in [2.24, 2.45) is 5.10 Å². The molecule has 0 atom stereocenters. The lowest BCUT2D eigenvalue weighted by molar-refractivity contribution is 0.0729. The predicted molar refractivity (Wildman–Crippen MR) is 117 cm³/mol. The number of hydrogen-bond acceptors (Lipinski definition) is 6. The number of nitrogens with one attached hydrogen (secondary N) is 1. The molecule has 0 heterocycles. The van der Waals surface area contributed by atoms with Gasteiger partial charge in [-0.15, -0.1) is 0 Å². The molecule has 158 valence electrons. The Bertz CT molecular complexity index is 1110. The molecule has 0 unspecified atom stereocenters. The highest BCUT2D eigenvalue weighted by Crippen LogP contribution is 2.28. The second-order valence-electron chi connectivity index (χ2n) is 6.57. The maximum Gasteiger partial charge on any atom is 0.343 e. The number of benzene rings is 3. The first-order valence-electron chi connectivity index (χ1n) is 9.45. The van der Waals surface area contributed by atoms with E-state index in [0.29, 0.717) is 28.2 Å². The van der Waals surface area contributed by atoms with Gasteiger partial charge in [-0.2, -0.15) is 5.10 Å². The number of rotatable bonds is 7. The number of carbonyl (C=O) groups excluding carboxylic acids is 2. The molecule has 0 aliphatic heterocycles. The van der Waals surface area contributed by atoms with Crippen LogP contribution in [0.25, 0.3) is 0 Å². The van der Waals surface area contributed by atoms with Crippen molar-refractivity contribution < 1.29 is 23.8 Å². The van der Waals surface area contributed by atoms with Crippen LogP contribution >= 0.6 is 0 Å². The Labute approximate surface area is 180 Å². The Morgan fingerprint density at radius 3 is 2.32 bits per heavy atom. The fourth-order valence-corrected chi connectivity index (χ4v) is 2.79. The molecule has 7 heteroatoms. The summed E-state index contributed by atoms with van der Waals surface area (Å²) in [5.74, 6) is 0.230. The van der Waals surface area contributed by atoms with Gasteiger partial charge in [0, 0.05) is 0 Å². The van der Waals surface area contributed by atoms with Crippen molar-refractivity contribution in [3.63, 3.8) is 0 Å². The van der Waals surface area contributed by atoms with Crippen LogP contribution in [0, 0.1) is 6.92 Å². The fourth-order valence-electron chi connectivity index (χ4n) is 2.79. The van der Waals surface area contributed by atoms with Gasteiger partial charge in [-0.3, -0.25) is 4.79 Å². The zero-order valence-electron chi connectivity index (χ0n) is 17.4. The van der Waals surface area contributed by atoms with Gasteiger partial charge in [0.1, 0.15) is 5.75 Å². The first kappa shape index (κ1) is 21.6. The summed E-state index contributed by atoms with van der Waals surface area (Å²) < 4.78 is 16.0. The number of methoxy groups -OCH3 is 2. The maximum absolute atomic E-state index is 12.4. The molecule has 0 saturated heterocycles. The van der Waals surface area contributed by atoms with E-state index in [-0.39, 0.29) is 5.75 Å². The van der Waals surface area contributed by atoms with Gasteiger partial charge < -0.3 is 14.2 Å². The van der Waals surface area contributed by atoms with Crippen LogP contribution in [0.3, 0.4) is 0 Å². The topological polar surface area (TPSA) is 86.2 Å². The number of esters is 1. The predicted octanol–water partition coefficient (Wildman–Crippen LogP) is 4.00. The van der Waals surface area contributed by atoms with Crippen LogP contribution in [0.4, 0.5) is 0 Å². The van der Waals surface area contributed by atoms with Crippen LogP contribution < -0.4 is 19.6 Å². The van der Waals surface area contributed by atoms with Crippen molar-refractivity contribution in [1.29, 1.82) is 0 Å². The van der Waals surface area contributed by atoms with Crippen LogP contribution in [0.1, 0.15) is 31.8 Å². The van der Waals surface area contributed by atoms with Gasteiger partial charge in [0.2, 0.25) is 0 Å². The first-order valence-corrected chi connectivity index (χ1v) is 9.45. The van der Waals surface area contributed by atoms with E-state index in [1.165, 1.54) is 20.4 Å². The Balaban J connectivity index is 1.69. The average Bonchev–Trinajstić information content (AvgIpc) is 2.80.